The van der Waals surface area contributed by atoms with Crippen molar-refractivity contribution >= 4 is 34.7 Å². The van der Waals surface area contributed by atoms with Crippen molar-refractivity contribution in [2.75, 3.05) is 5.32 Å². The van der Waals surface area contributed by atoms with Crippen LogP contribution in [0.2, 0.25) is 10.2 Å². The van der Waals surface area contributed by atoms with Crippen molar-refractivity contribution in [3.8, 4) is 0 Å². The molecule has 0 spiro atoms. The second-order valence-electron chi connectivity index (χ2n) is 3.95. The van der Waals surface area contributed by atoms with E-state index in [1.807, 2.05) is 32.0 Å². The molecular weight excluding hydrogens is 269 g/mol. The standard InChI is InChI=1S/C13H13Cl2N3/c1-3-12-17-11(15)7-13(18-12)16-10-5-4-8(2)6-9(10)14/h4-7H,3H2,1-2H3,(H,16,17,18). The number of aromatic nitrogens is 2. The van der Waals surface area contributed by atoms with Crippen molar-refractivity contribution in [1.29, 1.82) is 0 Å². The van der Waals surface area contributed by atoms with Gasteiger partial charge in [0, 0.05) is 12.5 Å². The maximum absolute atomic E-state index is 6.15. The van der Waals surface area contributed by atoms with Crippen molar-refractivity contribution in [3.05, 3.63) is 45.8 Å². The normalized spacial score (nSPS) is 10.4. The molecule has 1 aromatic heterocycles. The first kappa shape index (κ1) is 13.1. The predicted octanol–water partition coefficient (Wildman–Crippen LogP) is 4.40. The van der Waals surface area contributed by atoms with Gasteiger partial charge >= 0.3 is 0 Å². The molecule has 18 heavy (non-hydrogen) atoms. The van der Waals surface area contributed by atoms with Gasteiger partial charge in [-0.25, -0.2) is 9.97 Å². The highest BCUT2D eigenvalue weighted by Crippen LogP contribution is 2.26. The van der Waals surface area contributed by atoms with E-state index in [4.69, 9.17) is 23.2 Å². The van der Waals surface area contributed by atoms with E-state index in [1.165, 1.54) is 0 Å². The monoisotopic (exact) mass is 281 g/mol. The van der Waals surface area contributed by atoms with Gasteiger partial charge in [-0.1, -0.05) is 36.2 Å². The molecular formula is C13H13Cl2N3. The van der Waals surface area contributed by atoms with E-state index in [2.05, 4.69) is 15.3 Å². The SMILES string of the molecule is CCc1nc(Cl)cc(Nc2ccc(C)cc2Cl)n1. The summed E-state index contributed by atoms with van der Waals surface area (Å²) >= 11 is 12.1. The molecule has 0 aliphatic rings. The molecule has 0 fully saturated rings. The molecule has 2 aromatic rings. The Morgan fingerprint density at radius 3 is 2.61 bits per heavy atom. The number of nitrogens with one attached hydrogen (secondary N) is 1. The van der Waals surface area contributed by atoms with Crippen molar-refractivity contribution in [1.82, 2.24) is 9.97 Å². The van der Waals surface area contributed by atoms with Crippen molar-refractivity contribution in [2.24, 2.45) is 0 Å². The van der Waals surface area contributed by atoms with Gasteiger partial charge in [-0.15, -0.1) is 0 Å². The lowest BCUT2D eigenvalue weighted by molar-refractivity contribution is 0.943. The number of benzene rings is 1. The third kappa shape index (κ3) is 3.12. The van der Waals surface area contributed by atoms with Crippen molar-refractivity contribution < 1.29 is 0 Å². The van der Waals surface area contributed by atoms with E-state index in [1.54, 1.807) is 6.07 Å². The summed E-state index contributed by atoms with van der Waals surface area (Å²) < 4.78 is 0. The van der Waals surface area contributed by atoms with E-state index >= 15 is 0 Å². The van der Waals surface area contributed by atoms with Crippen LogP contribution in [0.3, 0.4) is 0 Å². The van der Waals surface area contributed by atoms with Gasteiger partial charge in [-0.05, 0) is 24.6 Å². The van der Waals surface area contributed by atoms with Gasteiger partial charge < -0.3 is 5.32 Å². The fourth-order valence-corrected chi connectivity index (χ4v) is 2.03. The highest BCUT2D eigenvalue weighted by atomic mass is 35.5. The minimum Gasteiger partial charge on any atom is -0.339 e. The Labute approximate surface area is 116 Å². The van der Waals surface area contributed by atoms with E-state index < -0.39 is 0 Å². The molecule has 1 aromatic carbocycles. The van der Waals surface area contributed by atoms with Crippen LogP contribution in [-0.2, 0) is 6.42 Å². The highest BCUT2D eigenvalue weighted by Gasteiger charge is 2.05. The summed E-state index contributed by atoms with van der Waals surface area (Å²) in [4.78, 5) is 8.46. The fourth-order valence-electron chi connectivity index (χ4n) is 1.55. The van der Waals surface area contributed by atoms with Crippen LogP contribution in [-0.4, -0.2) is 9.97 Å². The van der Waals surface area contributed by atoms with E-state index in [-0.39, 0.29) is 0 Å². The molecule has 0 saturated carbocycles. The van der Waals surface area contributed by atoms with Crippen LogP contribution in [0.4, 0.5) is 11.5 Å². The van der Waals surface area contributed by atoms with Crippen LogP contribution in [0, 0.1) is 6.92 Å². The van der Waals surface area contributed by atoms with Gasteiger partial charge in [0.15, 0.2) is 0 Å². The quantitative estimate of drug-likeness (QED) is 0.848. The summed E-state index contributed by atoms with van der Waals surface area (Å²) in [7, 11) is 0. The zero-order chi connectivity index (χ0) is 13.1. The number of rotatable bonds is 3. The largest absolute Gasteiger partial charge is 0.339 e. The van der Waals surface area contributed by atoms with Gasteiger partial charge in [0.2, 0.25) is 0 Å². The minimum absolute atomic E-state index is 0.424. The molecule has 1 heterocycles. The lowest BCUT2D eigenvalue weighted by atomic mass is 10.2. The average molecular weight is 282 g/mol. The first-order chi connectivity index (χ1) is 8.58. The number of aryl methyl sites for hydroxylation is 2. The molecule has 5 heteroatoms. The molecule has 0 saturated heterocycles. The Hall–Kier alpha value is -1.32. The maximum Gasteiger partial charge on any atom is 0.135 e. The van der Waals surface area contributed by atoms with Gasteiger partial charge in [0.05, 0.1) is 10.7 Å². The van der Waals surface area contributed by atoms with Crippen LogP contribution in [0.15, 0.2) is 24.3 Å². The predicted molar refractivity (Wildman–Crippen MR) is 75.9 cm³/mol. The van der Waals surface area contributed by atoms with Crippen LogP contribution >= 0.6 is 23.2 Å². The lowest BCUT2D eigenvalue weighted by Gasteiger charge is -2.09. The van der Waals surface area contributed by atoms with Gasteiger partial charge in [-0.3, -0.25) is 0 Å². The zero-order valence-corrected chi connectivity index (χ0v) is 11.7. The highest BCUT2D eigenvalue weighted by molar-refractivity contribution is 6.33. The number of halogens is 2. The van der Waals surface area contributed by atoms with Crippen molar-refractivity contribution in [3.63, 3.8) is 0 Å². The number of nitrogens with zero attached hydrogens (tertiary/aromatic N) is 2. The summed E-state index contributed by atoms with van der Waals surface area (Å²) in [5.74, 6) is 1.35. The molecule has 0 unspecified atom stereocenters. The van der Waals surface area contributed by atoms with Crippen LogP contribution in [0.25, 0.3) is 0 Å². The summed E-state index contributed by atoms with van der Waals surface area (Å²) in [6, 6.07) is 7.47. The van der Waals surface area contributed by atoms with Crippen molar-refractivity contribution in [2.45, 2.75) is 20.3 Å². The molecule has 0 aliphatic carbocycles. The Kier molecular flexibility index (Phi) is 4.04. The summed E-state index contributed by atoms with van der Waals surface area (Å²) in [5, 5.41) is 4.23. The Balaban J connectivity index is 2.30. The molecule has 3 nitrogen and oxygen atoms in total. The lowest BCUT2D eigenvalue weighted by Crippen LogP contribution is -2.00. The van der Waals surface area contributed by atoms with Crippen LogP contribution in [0.5, 0.6) is 0 Å². The first-order valence-electron chi connectivity index (χ1n) is 5.65. The second kappa shape index (κ2) is 5.55. The molecule has 0 amide bonds. The summed E-state index contributed by atoms with van der Waals surface area (Å²) in [6.45, 7) is 3.97. The molecule has 1 N–H and O–H groups in total. The molecule has 2 rings (SSSR count). The molecule has 0 aliphatic heterocycles. The smallest absolute Gasteiger partial charge is 0.135 e. The molecule has 0 bridgehead atoms. The number of hydrogen-bond donors (Lipinski definition) is 1. The first-order valence-corrected chi connectivity index (χ1v) is 6.40. The Morgan fingerprint density at radius 2 is 1.94 bits per heavy atom. The van der Waals surface area contributed by atoms with Crippen LogP contribution in [0.1, 0.15) is 18.3 Å². The third-order valence-corrected chi connectivity index (χ3v) is 2.95. The van der Waals surface area contributed by atoms with E-state index in [9.17, 15) is 0 Å². The molecule has 0 radical (unpaired) electrons. The van der Waals surface area contributed by atoms with Gasteiger partial charge in [-0.2, -0.15) is 0 Å². The molecule has 94 valence electrons. The number of anilines is 2. The summed E-state index contributed by atoms with van der Waals surface area (Å²) in [6.07, 6.45) is 0.733. The topological polar surface area (TPSA) is 37.8 Å². The maximum atomic E-state index is 6.15. The molecule has 0 atom stereocenters. The minimum atomic E-state index is 0.424. The van der Waals surface area contributed by atoms with E-state index in [0.717, 1.165) is 17.7 Å². The Morgan fingerprint density at radius 1 is 1.17 bits per heavy atom. The van der Waals surface area contributed by atoms with Gasteiger partial charge in [0.25, 0.3) is 0 Å². The fraction of sp³-hybridized carbons (Fsp3) is 0.231. The summed E-state index contributed by atoms with van der Waals surface area (Å²) in [5.41, 5.74) is 1.92. The van der Waals surface area contributed by atoms with Crippen LogP contribution < -0.4 is 5.32 Å². The van der Waals surface area contributed by atoms with Gasteiger partial charge in [0.1, 0.15) is 16.8 Å². The average Bonchev–Trinajstić information content (AvgIpc) is 2.32. The zero-order valence-electron chi connectivity index (χ0n) is 10.2. The number of hydrogen-bond acceptors (Lipinski definition) is 3. The second-order valence-corrected chi connectivity index (χ2v) is 4.75. The third-order valence-electron chi connectivity index (χ3n) is 2.44. The van der Waals surface area contributed by atoms with E-state index in [0.29, 0.717) is 21.8 Å². The Bertz CT molecular complexity index is 570.